The van der Waals surface area contributed by atoms with E-state index >= 15 is 0 Å². The number of aryl methyl sites for hydroxylation is 2. The second-order valence-corrected chi connectivity index (χ2v) is 4.44. The summed E-state index contributed by atoms with van der Waals surface area (Å²) in [5.41, 5.74) is 1.78. The molecule has 5 heteroatoms. The SMILES string of the molecule is C=N/N=c1/ccc(C(=O)c2ccc(C)cc2F)cn1C. The van der Waals surface area contributed by atoms with Crippen molar-refractivity contribution in [3.63, 3.8) is 0 Å². The van der Waals surface area contributed by atoms with E-state index in [0.29, 0.717) is 11.1 Å². The van der Waals surface area contributed by atoms with Crippen LogP contribution in [0.5, 0.6) is 0 Å². The van der Waals surface area contributed by atoms with Crippen molar-refractivity contribution in [2.45, 2.75) is 6.92 Å². The van der Waals surface area contributed by atoms with E-state index in [1.165, 1.54) is 12.1 Å². The summed E-state index contributed by atoms with van der Waals surface area (Å²) >= 11 is 0. The largest absolute Gasteiger partial charge is 0.334 e. The van der Waals surface area contributed by atoms with Gasteiger partial charge in [-0.15, -0.1) is 5.10 Å². The molecule has 4 nitrogen and oxygen atoms in total. The number of nitrogens with zero attached hydrogens (tertiary/aromatic N) is 3. The summed E-state index contributed by atoms with van der Waals surface area (Å²) in [7, 11) is 1.73. The third-order valence-electron chi connectivity index (χ3n) is 2.91. The summed E-state index contributed by atoms with van der Waals surface area (Å²) in [6, 6.07) is 7.77. The van der Waals surface area contributed by atoms with Crippen LogP contribution in [0.15, 0.2) is 46.7 Å². The van der Waals surface area contributed by atoms with Crippen molar-refractivity contribution in [1.29, 1.82) is 0 Å². The summed E-state index contributed by atoms with van der Waals surface area (Å²) in [5, 5.41) is 7.23. The predicted molar refractivity (Wildman–Crippen MR) is 75.1 cm³/mol. The highest BCUT2D eigenvalue weighted by atomic mass is 19.1. The molecule has 0 aliphatic rings. The number of aromatic nitrogens is 1. The molecule has 1 heterocycles. The number of hydrogen-bond donors (Lipinski definition) is 0. The molecule has 0 unspecified atom stereocenters. The maximum absolute atomic E-state index is 13.8. The van der Waals surface area contributed by atoms with E-state index in [2.05, 4.69) is 16.9 Å². The summed E-state index contributed by atoms with van der Waals surface area (Å²) < 4.78 is 15.5. The number of halogens is 1. The van der Waals surface area contributed by atoms with Crippen LogP contribution in [-0.2, 0) is 7.05 Å². The van der Waals surface area contributed by atoms with E-state index < -0.39 is 5.82 Å². The Balaban J connectivity index is 2.46. The molecule has 2 rings (SSSR count). The van der Waals surface area contributed by atoms with Crippen LogP contribution in [0.25, 0.3) is 0 Å². The van der Waals surface area contributed by atoms with Crippen molar-refractivity contribution in [3.8, 4) is 0 Å². The molecule has 0 radical (unpaired) electrons. The molecule has 1 aromatic carbocycles. The number of benzene rings is 1. The topological polar surface area (TPSA) is 46.7 Å². The fraction of sp³-hybridized carbons (Fsp3) is 0.133. The first kappa shape index (κ1) is 13.9. The Kier molecular flexibility index (Phi) is 3.89. The third-order valence-corrected chi connectivity index (χ3v) is 2.91. The highest BCUT2D eigenvalue weighted by Gasteiger charge is 2.14. The monoisotopic (exact) mass is 271 g/mol. The van der Waals surface area contributed by atoms with Crippen molar-refractivity contribution in [1.82, 2.24) is 4.57 Å². The zero-order valence-electron chi connectivity index (χ0n) is 11.3. The zero-order chi connectivity index (χ0) is 14.7. The Hall–Kier alpha value is -2.56. The molecule has 0 atom stereocenters. The molecular weight excluding hydrogens is 257 g/mol. The van der Waals surface area contributed by atoms with Gasteiger partial charge in [0.2, 0.25) is 0 Å². The molecule has 0 spiro atoms. The summed E-state index contributed by atoms with van der Waals surface area (Å²) in [5.74, 6) is -0.879. The van der Waals surface area contributed by atoms with E-state index in [1.807, 2.05) is 0 Å². The summed E-state index contributed by atoms with van der Waals surface area (Å²) in [6.07, 6.45) is 1.59. The number of carbonyl (C=O) groups is 1. The van der Waals surface area contributed by atoms with Crippen LogP contribution in [-0.4, -0.2) is 17.1 Å². The molecular formula is C15H14FN3O. The van der Waals surface area contributed by atoms with Gasteiger partial charge >= 0.3 is 0 Å². The first-order valence-corrected chi connectivity index (χ1v) is 6.00. The van der Waals surface area contributed by atoms with E-state index in [4.69, 9.17) is 0 Å². The van der Waals surface area contributed by atoms with Crippen LogP contribution in [0.4, 0.5) is 4.39 Å². The Morgan fingerprint density at radius 3 is 2.65 bits per heavy atom. The second kappa shape index (κ2) is 5.61. The number of ketones is 1. The molecule has 0 saturated carbocycles. The molecule has 2 aromatic rings. The van der Waals surface area contributed by atoms with Crippen LogP contribution in [0.1, 0.15) is 21.5 Å². The quantitative estimate of drug-likeness (QED) is 0.479. The summed E-state index contributed by atoms with van der Waals surface area (Å²) in [4.78, 5) is 12.3. The third kappa shape index (κ3) is 2.71. The Morgan fingerprint density at radius 1 is 1.30 bits per heavy atom. The number of pyridine rings is 1. The minimum Gasteiger partial charge on any atom is -0.334 e. The van der Waals surface area contributed by atoms with Crippen molar-refractivity contribution in [2.24, 2.45) is 17.3 Å². The van der Waals surface area contributed by atoms with Crippen molar-refractivity contribution in [2.75, 3.05) is 0 Å². The molecule has 0 fully saturated rings. The summed E-state index contributed by atoms with van der Waals surface area (Å²) in [6.45, 7) is 5.05. The lowest BCUT2D eigenvalue weighted by atomic mass is 10.0. The van der Waals surface area contributed by atoms with Crippen molar-refractivity contribution < 1.29 is 9.18 Å². The Morgan fingerprint density at radius 2 is 2.05 bits per heavy atom. The Labute approximate surface area is 115 Å². The molecule has 102 valence electrons. The normalized spacial score (nSPS) is 11.4. The second-order valence-electron chi connectivity index (χ2n) is 4.44. The fourth-order valence-corrected chi connectivity index (χ4v) is 1.87. The van der Waals surface area contributed by atoms with Gasteiger partial charge in [-0.1, -0.05) is 6.07 Å². The molecule has 0 bridgehead atoms. The van der Waals surface area contributed by atoms with Gasteiger partial charge in [0.1, 0.15) is 5.82 Å². The molecule has 0 saturated heterocycles. The highest BCUT2D eigenvalue weighted by molar-refractivity contribution is 6.08. The van der Waals surface area contributed by atoms with Crippen LogP contribution in [0.3, 0.4) is 0 Å². The van der Waals surface area contributed by atoms with Gasteiger partial charge in [0, 0.05) is 25.5 Å². The van der Waals surface area contributed by atoms with Crippen molar-refractivity contribution >= 4 is 12.5 Å². The van der Waals surface area contributed by atoms with Crippen LogP contribution in [0, 0.1) is 12.7 Å². The van der Waals surface area contributed by atoms with Gasteiger partial charge in [-0.3, -0.25) is 4.79 Å². The molecule has 20 heavy (non-hydrogen) atoms. The standard InChI is InChI=1S/C15H14FN3O/c1-10-4-6-12(13(16)8-10)15(20)11-5-7-14(18-17-2)19(3)9-11/h4-9H,2H2,1,3H3/b18-14-. The first-order valence-electron chi connectivity index (χ1n) is 6.00. The van der Waals surface area contributed by atoms with Gasteiger partial charge < -0.3 is 4.57 Å². The zero-order valence-corrected chi connectivity index (χ0v) is 11.3. The van der Waals surface area contributed by atoms with Crippen LogP contribution >= 0.6 is 0 Å². The number of carbonyl (C=O) groups excluding carboxylic acids is 1. The van der Waals surface area contributed by atoms with Gasteiger partial charge in [-0.2, -0.15) is 5.10 Å². The molecule has 0 aliphatic carbocycles. The van der Waals surface area contributed by atoms with Crippen LogP contribution in [0.2, 0.25) is 0 Å². The smallest absolute Gasteiger partial charge is 0.197 e. The fourth-order valence-electron chi connectivity index (χ4n) is 1.87. The maximum Gasteiger partial charge on any atom is 0.197 e. The average molecular weight is 271 g/mol. The lowest BCUT2D eigenvalue weighted by molar-refractivity contribution is 0.103. The molecule has 0 aliphatic heterocycles. The van der Waals surface area contributed by atoms with Gasteiger partial charge in [0.05, 0.1) is 5.56 Å². The average Bonchev–Trinajstić information content (AvgIpc) is 2.40. The lowest BCUT2D eigenvalue weighted by Crippen LogP contribution is -2.18. The maximum atomic E-state index is 13.8. The van der Waals surface area contributed by atoms with E-state index in [-0.39, 0.29) is 11.3 Å². The van der Waals surface area contributed by atoms with E-state index in [1.54, 1.807) is 42.9 Å². The highest BCUT2D eigenvalue weighted by Crippen LogP contribution is 2.14. The molecule has 0 amide bonds. The van der Waals surface area contributed by atoms with E-state index in [9.17, 15) is 9.18 Å². The molecule has 0 N–H and O–H groups in total. The van der Waals surface area contributed by atoms with Gasteiger partial charge in [0.15, 0.2) is 11.3 Å². The lowest BCUT2D eigenvalue weighted by Gasteiger charge is -2.06. The van der Waals surface area contributed by atoms with Gasteiger partial charge in [-0.05, 0) is 36.8 Å². The van der Waals surface area contributed by atoms with Crippen LogP contribution < -0.4 is 5.49 Å². The van der Waals surface area contributed by atoms with E-state index in [0.717, 1.165) is 5.56 Å². The minimum absolute atomic E-state index is 0.0575. The minimum atomic E-state index is -0.515. The number of rotatable bonds is 3. The van der Waals surface area contributed by atoms with Gasteiger partial charge in [-0.25, -0.2) is 4.39 Å². The Bertz CT molecular complexity index is 747. The van der Waals surface area contributed by atoms with Gasteiger partial charge in [0.25, 0.3) is 0 Å². The van der Waals surface area contributed by atoms with Crippen molar-refractivity contribution in [3.05, 3.63) is 64.5 Å². The molecule has 1 aromatic heterocycles. The predicted octanol–water partition coefficient (Wildman–Crippen LogP) is 2.22. The first-order chi connectivity index (χ1) is 9.52. The number of hydrogen-bond acceptors (Lipinski definition) is 3.